The number of carbonyl (C=O) groups excluding carboxylic acids is 2. The van der Waals surface area contributed by atoms with E-state index in [0.29, 0.717) is 43.1 Å². The normalized spacial score (nSPS) is 12.8. The van der Waals surface area contributed by atoms with Gasteiger partial charge < -0.3 is 16.8 Å². The summed E-state index contributed by atoms with van der Waals surface area (Å²) in [7, 11) is 0. The fourth-order valence-corrected chi connectivity index (χ4v) is 3.99. The Balaban J connectivity index is 1.67. The summed E-state index contributed by atoms with van der Waals surface area (Å²) in [5.74, 6) is 0.176. The molecule has 0 aliphatic rings. The van der Waals surface area contributed by atoms with Crippen LogP contribution in [-0.2, 0) is 22.4 Å². The molecular formula is C24H29N5O2S. The Labute approximate surface area is 192 Å². The number of nitrogens with two attached hydrogens (primary N) is 2. The molecule has 0 aliphatic carbocycles. The van der Waals surface area contributed by atoms with Gasteiger partial charge >= 0.3 is 0 Å². The smallest absolute Gasteiger partial charge is 0.237 e. The zero-order valence-corrected chi connectivity index (χ0v) is 18.8. The van der Waals surface area contributed by atoms with Gasteiger partial charge in [0.15, 0.2) is 11.6 Å². The molecule has 0 spiro atoms. The first-order valence-electron chi connectivity index (χ1n) is 10.8. The average Bonchev–Trinajstić information content (AvgIpc) is 3.29. The molecular weight excluding hydrogens is 422 g/mol. The van der Waals surface area contributed by atoms with Crippen LogP contribution in [-0.4, -0.2) is 39.7 Å². The van der Waals surface area contributed by atoms with Crippen molar-refractivity contribution in [1.82, 2.24) is 14.7 Å². The number of benzene rings is 2. The molecule has 8 heteroatoms. The third-order valence-electron chi connectivity index (χ3n) is 5.15. The molecule has 32 heavy (non-hydrogen) atoms. The zero-order valence-electron chi connectivity index (χ0n) is 17.9. The van der Waals surface area contributed by atoms with Gasteiger partial charge in [-0.2, -0.15) is 4.37 Å². The Morgan fingerprint density at radius 1 is 1.00 bits per heavy atom. The fourth-order valence-electron chi connectivity index (χ4n) is 3.32. The number of aryl methyl sites for hydroxylation is 1. The van der Waals surface area contributed by atoms with Crippen molar-refractivity contribution in [2.45, 2.75) is 44.2 Å². The van der Waals surface area contributed by atoms with E-state index < -0.39 is 12.1 Å². The van der Waals surface area contributed by atoms with Crippen LogP contribution in [0.1, 0.15) is 29.8 Å². The molecule has 1 aromatic heterocycles. The number of ketones is 1. The SMILES string of the molecule is NCCC[C@H](N)C(=O)N[C@H](CCc1ccccc1)C(=O)Cc1nc(-c2ccccc2)ns1. The molecule has 0 unspecified atom stereocenters. The summed E-state index contributed by atoms with van der Waals surface area (Å²) in [4.78, 5) is 30.2. The van der Waals surface area contributed by atoms with E-state index >= 15 is 0 Å². The minimum absolute atomic E-state index is 0.101. The first kappa shape index (κ1) is 23.7. The van der Waals surface area contributed by atoms with Crippen LogP contribution in [0.15, 0.2) is 60.7 Å². The van der Waals surface area contributed by atoms with E-state index in [-0.39, 0.29) is 18.1 Å². The Morgan fingerprint density at radius 2 is 1.69 bits per heavy atom. The lowest BCUT2D eigenvalue weighted by Gasteiger charge is -2.20. The number of rotatable bonds is 12. The predicted octanol–water partition coefficient (Wildman–Crippen LogP) is 2.50. The van der Waals surface area contributed by atoms with Crippen molar-refractivity contribution in [3.8, 4) is 11.4 Å². The number of nitrogens with one attached hydrogen (secondary N) is 1. The van der Waals surface area contributed by atoms with E-state index in [1.165, 1.54) is 11.5 Å². The highest BCUT2D eigenvalue weighted by molar-refractivity contribution is 7.05. The Morgan fingerprint density at radius 3 is 2.38 bits per heavy atom. The Bertz CT molecular complexity index is 994. The second-order valence-corrected chi connectivity index (χ2v) is 8.48. The van der Waals surface area contributed by atoms with Gasteiger partial charge in [0, 0.05) is 5.56 Å². The lowest BCUT2D eigenvalue weighted by atomic mass is 10.00. The van der Waals surface area contributed by atoms with Crippen LogP contribution < -0.4 is 16.8 Å². The molecule has 2 aromatic carbocycles. The molecule has 5 N–H and O–H groups in total. The molecule has 0 saturated carbocycles. The maximum absolute atomic E-state index is 13.1. The minimum atomic E-state index is -0.684. The number of hydrogen-bond donors (Lipinski definition) is 3. The molecule has 3 rings (SSSR count). The Kier molecular flexibility index (Phi) is 9.03. The van der Waals surface area contributed by atoms with Crippen LogP contribution in [0.5, 0.6) is 0 Å². The van der Waals surface area contributed by atoms with Gasteiger partial charge in [-0.25, -0.2) is 4.98 Å². The number of hydrogen-bond acceptors (Lipinski definition) is 7. The third kappa shape index (κ3) is 7.05. The van der Waals surface area contributed by atoms with E-state index in [1.807, 2.05) is 60.7 Å². The van der Waals surface area contributed by atoms with E-state index in [1.54, 1.807) is 0 Å². The molecule has 7 nitrogen and oxygen atoms in total. The average molecular weight is 452 g/mol. The van der Waals surface area contributed by atoms with E-state index in [2.05, 4.69) is 14.7 Å². The lowest BCUT2D eigenvalue weighted by Crippen LogP contribution is -2.49. The van der Waals surface area contributed by atoms with Crippen molar-refractivity contribution in [3.05, 3.63) is 71.2 Å². The Hall–Kier alpha value is -2.94. The molecule has 0 fully saturated rings. The van der Waals surface area contributed by atoms with Gasteiger partial charge in [-0.1, -0.05) is 60.7 Å². The minimum Gasteiger partial charge on any atom is -0.345 e. The van der Waals surface area contributed by atoms with Crippen LogP contribution in [0, 0.1) is 0 Å². The second kappa shape index (κ2) is 12.2. The third-order valence-corrected chi connectivity index (χ3v) is 5.86. The quantitative estimate of drug-likeness (QED) is 0.389. The largest absolute Gasteiger partial charge is 0.345 e. The highest BCUT2D eigenvalue weighted by atomic mass is 32.1. The first-order valence-corrected chi connectivity index (χ1v) is 11.5. The van der Waals surface area contributed by atoms with Crippen molar-refractivity contribution in [3.63, 3.8) is 0 Å². The molecule has 2 atom stereocenters. The van der Waals surface area contributed by atoms with E-state index in [0.717, 1.165) is 11.1 Å². The summed E-state index contributed by atoms with van der Waals surface area (Å²) in [6.45, 7) is 0.470. The molecule has 0 saturated heterocycles. The predicted molar refractivity (Wildman–Crippen MR) is 127 cm³/mol. The van der Waals surface area contributed by atoms with Crippen LogP contribution in [0.25, 0.3) is 11.4 Å². The molecule has 1 amide bonds. The molecule has 1 heterocycles. The van der Waals surface area contributed by atoms with Gasteiger partial charge in [0.2, 0.25) is 5.91 Å². The van der Waals surface area contributed by atoms with Gasteiger partial charge in [0.25, 0.3) is 0 Å². The second-order valence-electron chi connectivity index (χ2n) is 7.64. The molecule has 0 bridgehead atoms. The van der Waals surface area contributed by atoms with Crippen molar-refractivity contribution in [2.24, 2.45) is 11.5 Å². The molecule has 168 valence electrons. The van der Waals surface area contributed by atoms with Crippen LogP contribution >= 0.6 is 11.5 Å². The van der Waals surface area contributed by atoms with Gasteiger partial charge in [-0.05, 0) is 49.3 Å². The number of nitrogens with zero attached hydrogens (tertiary/aromatic N) is 2. The van der Waals surface area contributed by atoms with E-state index in [4.69, 9.17) is 11.5 Å². The highest BCUT2D eigenvalue weighted by Crippen LogP contribution is 2.19. The maximum Gasteiger partial charge on any atom is 0.237 e. The number of aromatic nitrogens is 2. The van der Waals surface area contributed by atoms with Crippen molar-refractivity contribution >= 4 is 23.2 Å². The lowest BCUT2D eigenvalue weighted by molar-refractivity contribution is -0.128. The van der Waals surface area contributed by atoms with Gasteiger partial charge in [0.1, 0.15) is 5.01 Å². The fraction of sp³-hybridized carbons (Fsp3) is 0.333. The van der Waals surface area contributed by atoms with Gasteiger partial charge in [-0.3, -0.25) is 9.59 Å². The van der Waals surface area contributed by atoms with Crippen LogP contribution in [0.3, 0.4) is 0 Å². The summed E-state index contributed by atoms with van der Waals surface area (Å²) in [6, 6.07) is 18.2. The summed E-state index contributed by atoms with van der Waals surface area (Å²) in [5, 5.41) is 3.48. The zero-order chi connectivity index (χ0) is 22.8. The summed E-state index contributed by atoms with van der Waals surface area (Å²) in [6.07, 6.45) is 2.41. The topological polar surface area (TPSA) is 124 Å². The van der Waals surface area contributed by atoms with Crippen LogP contribution in [0.2, 0.25) is 0 Å². The van der Waals surface area contributed by atoms with E-state index in [9.17, 15) is 9.59 Å². The van der Waals surface area contributed by atoms with Crippen LogP contribution in [0.4, 0.5) is 0 Å². The van der Waals surface area contributed by atoms with Crippen molar-refractivity contribution in [1.29, 1.82) is 0 Å². The number of Topliss-reactive ketones (excluding diaryl/α,β-unsaturated/α-hetero) is 1. The summed E-state index contributed by atoms with van der Waals surface area (Å²) >= 11 is 1.21. The molecule has 0 aliphatic heterocycles. The summed E-state index contributed by atoms with van der Waals surface area (Å²) < 4.78 is 4.37. The maximum atomic E-state index is 13.1. The monoisotopic (exact) mass is 451 g/mol. The molecule has 3 aromatic rings. The van der Waals surface area contributed by atoms with Crippen molar-refractivity contribution < 1.29 is 9.59 Å². The molecule has 0 radical (unpaired) electrons. The highest BCUT2D eigenvalue weighted by Gasteiger charge is 2.24. The summed E-state index contributed by atoms with van der Waals surface area (Å²) in [5.41, 5.74) is 13.5. The first-order chi connectivity index (χ1) is 15.6. The standard InChI is InChI=1S/C24H29N5O2S/c25-15-7-12-19(26)24(31)27-20(14-13-17-8-3-1-4-9-17)21(30)16-22-28-23(29-32-22)18-10-5-2-6-11-18/h1-6,8-11,19-20H,7,12-16,25-26H2,(H,27,31)/t19-,20+/m0/s1. The van der Waals surface area contributed by atoms with Gasteiger partial charge in [0.05, 0.1) is 18.5 Å². The number of amides is 1. The van der Waals surface area contributed by atoms with Gasteiger partial charge in [-0.15, -0.1) is 0 Å². The number of carbonyl (C=O) groups is 2. The van der Waals surface area contributed by atoms with Crippen molar-refractivity contribution in [2.75, 3.05) is 6.54 Å².